The number of benzene rings is 1. The Balaban J connectivity index is 1.35. The summed E-state index contributed by atoms with van der Waals surface area (Å²) in [4.78, 5) is 19.6. The number of amides is 1. The van der Waals surface area contributed by atoms with E-state index in [-0.39, 0.29) is 11.9 Å². The molecule has 1 saturated heterocycles. The maximum atomic E-state index is 12.6. The van der Waals surface area contributed by atoms with E-state index in [0.29, 0.717) is 17.6 Å². The molecule has 0 bridgehead atoms. The molecule has 0 spiro atoms. The normalized spacial score (nSPS) is 28.8. The molecule has 2 aromatic rings. The first kappa shape index (κ1) is 16.6. The van der Waals surface area contributed by atoms with Crippen molar-refractivity contribution >= 4 is 17.7 Å². The molecule has 132 valence electrons. The van der Waals surface area contributed by atoms with E-state index < -0.39 is 6.10 Å². The molecule has 2 fully saturated rings. The number of aliphatic hydroxyl groups is 1. The fourth-order valence-electron chi connectivity index (χ4n) is 4.04. The summed E-state index contributed by atoms with van der Waals surface area (Å²) >= 11 is 1.58. The summed E-state index contributed by atoms with van der Waals surface area (Å²) in [5, 5.41) is 14.7. The monoisotopic (exact) mass is 358 g/mol. The molecule has 0 unspecified atom stereocenters. The van der Waals surface area contributed by atoms with Crippen LogP contribution < -0.4 is 0 Å². The molecule has 1 aromatic heterocycles. The van der Waals surface area contributed by atoms with Crippen molar-refractivity contribution in [3.05, 3.63) is 43.0 Å². The molecular formula is C18H22N4O2S. The number of aliphatic hydroxyl groups excluding tert-OH is 1. The van der Waals surface area contributed by atoms with Crippen molar-refractivity contribution in [3.63, 3.8) is 0 Å². The highest BCUT2D eigenvalue weighted by atomic mass is 32.2. The largest absolute Gasteiger partial charge is 0.391 e. The van der Waals surface area contributed by atoms with Crippen molar-refractivity contribution in [1.82, 2.24) is 19.7 Å². The fourth-order valence-corrected chi connectivity index (χ4v) is 4.86. The molecule has 2 heterocycles. The Kier molecular flexibility index (Phi) is 4.76. The predicted molar refractivity (Wildman–Crippen MR) is 95.0 cm³/mol. The van der Waals surface area contributed by atoms with Crippen molar-refractivity contribution in [2.75, 3.05) is 18.8 Å². The molecule has 4 atom stereocenters. The lowest BCUT2D eigenvalue weighted by Crippen LogP contribution is -2.36. The number of rotatable bonds is 4. The maximum Gasteiger partial charge on any atom is 0.232 e. The van der Waals surface area contributed by atoms with Crippen molar-refractivity contribution in [3.8, 4) is 0 Å². The third-order valence-electron chi connectivity index (χ3n) is 5.34. The van der Waals surface area contributed by atoms with Gasteiger partial charge in [0.15, 0.2) is 0 Å². The van der Waals surface area contributed by atoms with Gasteiger partial charge in [-0.1, -0.05) is 18.2 Å². The minimum absolute atomic E-state index is 0.0301. The second-order valence-electron chi connectivity index (χ2n) is 6.90. The highest BCUT2D eigenvalue weighted by molar-refractivity contribution is 8.00. The Morgan fingerprint density at radius 3 is 2.68 bits per heavy atom. The predicted octanol–water partition coefficient (Wildman–Crippen LogP) is 1.84. The molecule has 1 aromatic carbocycles. The molecule has 7 heteroatoms. The molecule has 1 aliphatic heterocycles. The van der Waals surface area contributed by atoms with Gasteiger partial charge in [0.25, 0.3) is 0 Å². The summed E-state index contributed by atoms with van der Waals surface area (Å²) in [5.74, 6) is 1.48. The van der Waals surface area contributed by atoms with Gasteiger partial charge in [-0.15, -0.1) is 11.8 Å². The van der Waals surface area contributed by atoms with E-state index in [1.807, 2.05) is 35.2 Å². The molecule has 6 nitrogen and oxygen atoms in total. The minimum Gasteiger partial charge on any atom is -0.391 e. The van der Waals surface area contributed by atoms with Crippen LogP contribution in [0.4, 0.5) is 0 Å². The summed E-state index contributed by atoms with van der Waals surface area (Å²) in [6.45, 7) is 1.55. The third kappa shape index (κ3) is 3.57. The minimum atomic E-state index is -0.420. The van der Waals surface area contributed by atoms with Crippen LogP contribution in [0.2, 0.25) is 0 Å². The van der Waals surface area contributed by atoms with Crippen LogP contribution in [0.3, 0.4) is 0 Å². The molecule has 2 aliphatic rings. The van der Waals surface area contributed by atoms with E-state index in [9.17, 15) is 9.90 Å². The number of nitrogens with zero attached hydrogens (tertiary/aromatic N) is 4. The van der Waals surface area contributed by atoms with Gasteiger partial charge in [0.2, 0.25) is 5.91 Å². The number of hydrogen-bond donors (Lipinski definition) is 1. The molecule has 25 heavy (non-hydrogen) atoms. The smallest absolute Gasteiger partial charge is 0.232 e. The summed E-state index contributed by atoms with van der Waals surface area (Å²) in [5.41, 5.74) is 0. The van der Waals surface area contributed by atoms with Gasteiger partial charge in [-0.2, -0.15) is 5.10 Å². The van der Waals surface area contributed by atoms with Crippen LogP contribution in [-0.4, -0.2) is 55.6 Å². The Morgan fingerprint density at radius 1 is 1.20 bits per heavy atom. The third-order valence-corrected chi connectivity index (χ3v) is 6.34. The number of carbonyl (C=O) groups excluding carboxylic acids is 1. The quantitative estimate of drug-likeness (QED) is 0.845. The van der Waals surface area contributed by atoms with Gasteiger partial charge in [0, 0.05) is 18.0 Å². The zero-order valence-corrected chi connectivity index (χ0v) is 14.8. The van der Waals surface area contributed by atoms with Gasteiger partial charge in [0.1, 0.15) is 12.7 Å². The average Bonchev–Trinajstić information content (AvgIpc) is 3.29. The Hall–Kier alpha value is -1.86. The van der Waals surface area contributed by atoms with Crippen LogP contribution in [-0.2, 0) is 4.79 Å². The van der Waals surface area contributed by atoms with Crippen LogP contribution in [0.25, 0.3) is 0 Å². The van der Waals surface area contributed by atoms with Gasteiger partial charge < -0.3 is 10.0 Å². The fraction of sp³-hybridized carbons (Fsp3) is 0.500. The van der Waals surface area contributed by atoms with Gasteiger partial charge in [-0.05, 0) is 36.8 Å². The zero-order valence-electron chi connectivity index (χ0n) is 13.9. The van der Waals surface area contributed by atoms with Gasteiger partial charge in [-0.3, -0.25) is 4.79 Å². The maximum absolute atomic E-state index is 12.6. The second-order valence-corrected chi connectivity index (χ2v) is 7.95. The van der Waals surface area contributed by atoms with E-state index >= 15 is 0 Å². The van der Waals surface area contributed by atoms with E-state index in [1.54, 1.807) is 22.8 Å². The van der Waals surface area contributed by atoms with Crippen molar-refractivity contribution in [2.45, 2.75) is 29.9 Å². The number of likely N-dealkylation sites (tertiary alicyclic amines) is 1. The highest BCUT2D eigenvalue weighted by Gasteiger charge is 2.43. The van der Waals surface area contributed by atoms with Crippen LogP contribution in [0, 0.1) is 11.8 Å². The average molecular weight is 358 g/mol. The second kappa shape index (κ2) is 7.17. The van der Waals surface area contributed by atoms with Crippen molar-refractivity contribution in [1.29, 1.82) is 0 Å². The van der Waals surface area contributed by atoms with E-state index in [0.717, 1.165) is 30.8 Å². The molecule has 1 amide bonds. The first-order valence-electron chi connectivity index (χ1n) is 8.68. The number of fused-ring (bicyclic) bond motifs is 1. The lowest BCUT2D eigenvalue weighted by atomic mass is 9.77. The van der Waals surface area contributed by atoms with Crippen LogP contribution in [0.15, 0.2) is 47.9 Å². The molecule has 1 aliphatic carbocycles. The number of hydrogen-bond acceptors (Lipinski definition) is 5. The molecule has 1 saturated carbocycles. The molecule has 1 N–H and O–H groups in total. The van der Waals surface area contributed by atoms with E-state index in [2.05, 4.69) is 10.1 Å². The standard InChI is InChI=1S/C18H22N4O2S/c23-17-7-14-9-21(18(24)10-25-15-4-2-1-3-5-15)8-13(14)6-16(17)22-12-19-11-20-22/h1-5,11-14,16-17,23H,6-10H2/t13-,14+,16-,17-/m1/s1. The van der Waals surface area contributed by atoms with E-state index in [1.165, 1.54) is 6.33 Å². The van der Waals surface area contributed by atoms with Crippen LogP contribution >= 0.6 is 11.8 Å². The van der Waals surface area contributed by atoms with Crippen LogP contribution in [0.1, 0.15) is 18.9 Å². The Bertz CT molecular complexity index is 709. The molecule has 4 rings (SSSR count). The Morgan fingerprint density at radius 2 is 1.96 bits per heavy atom. The summed E-state index contributed by atoms with van der Waals surface area (Å²) in [6.07, 6.45) is 4.33. The lowest BCUT2D eigenvalue weighted by molar-refractivity contribution is -0.127. The number of aromatic nitrogens is 3. The summed E-state index contributed by atoms with van der Waals surface area (Å²) in [7, 11) is 0. The molecular weight excluding hydrogens is 336 g/mol. The first-order chi connectivity index (χ1) is 12.2. The zero-order chi connectivity index (χ0) is 17.2. The summed E-state index contributed by atoms with van der Waals surface area (Å²) in [6, 6.07) is 9.99. The molecule has 0 radical (unpaired) electrons. The SMILES string of the molecule is O=C(CSc1ccccc1)N1C[C@H]2C[C@@H](n3cncn3)[C@H](O)C[C@H]2C1. The highest BCUT2D eigenvalue weighted by Crippen LogP contribution is 2.41. The summed E-state index contributed by atoms with van der Waals surface area (Å²) < 4.78 is 1.76. The van der Waals surface area contributed by atoms with Crippen molar-refractivity contribution in [2.24, 2.45) is 11.8 Å². The lowest BCUT2D eigenvalue weighted by Gasteiger charge is -2.34. The van der Waals surface area contributed by atoms with Gasteiger partial charge in [0.05, 0.1) is 17.9 Å². The van der Waals surface area contributed by atoms with Gasteiger partial charge in [-0.25, -0.2) is 9.67 Å². The van der Waals surface area contributed by atoms with E-state index in [4.69, 9.17) is 0 Å². The number of carbonyl (C=O) groups is 1. The Labute approximate surface area is 151 Å². The van der Waals surface area contributed by atoms with Gasteiger partial charge >= 0.3 is 0 Å². The topological polar surface area (TPSA) is 71.2 Å². The first-order valence-corrected chi connectivity index (χ1v) is 9.67. The number of thioether (sulfide) groups is 1. The van der Waals surface area contributed by atoms with Crippen molar-refractivity contribution < 1.29 is 9.90 Å². The van der Waals surface area contributed by atoms with Crippen LogP contribution in [0.5, 0.6) is 0 Å².